The highest BCUT2D eigenvalue weighted by Crippen LogP contribution is 2.76. The first-order chi connectivity index (χ1) is 21.0. The lowest BCUT2D eigenvalue weighted by Gasteiger charge is -2.70. The number of aliphatic hydroxyl groups is 4. The van der Waals surface area contributed by atoms with Gasteiger partial charge in [0.1, 0.15) is 24.4 Å². The number of fused-ring (bicyclic) bond motifs is 5. The number of carboxylic acid groups (broad SMARTS) is 1. The number of esters is 1. The third-order valence-electron chi connectivity index (χ3n) is 14.3. The summed E-state index contributed by atoms with van der Waals surface area (Å²) in [5, 5.41) is 50.6. The molecule has 14 atom stereocenters. The Kier molecular flexibility index (Phi) is 9.24. The van der Waals surface area contributed by atoms with Gasteiger partial charge in [-0.2, -0.15) is 0 Å². The van der Waals surface area contributed by atoms with E-state index in [0.717, 1.165) is 49.7 Å². The first kappa shape index (κ1) is 34.6. The van der Waals surface area contributed by atoms with E-state index in [4.69, 9.17) is 9.47 Å². The number of rotatable bonds is 8. The van der Waals surface area contributed by atoms with Gasteiger partial charge in [-0.1, -0.05) is 45.1 Å². The Bertz CT molecular complexity index is 1200. The molecule has 1 aliphatic heterocycles. The molecule has 5 rings (SSSR count). The standard InChI is InChI=1S/C36H56O9/c1-19(2)21-10-15-36(32(43)45-31-30(42)29(41)28(40)24(18-37)44-31)17-16-34(6)23(27(21)36)8-9-25-33(5,13-12-26(38)39)22(20(3)4)11-14-35(25,34)7/h21-25,27-31,37,40-42H,1,3,8-18H2,2,4-7H3,(H,38,39)/t21-,22-,23+,24+,25+,27+,28+,29-,30+,31-,33-,34+,35+,36-/m0/s1. The van der Waals surface area contributed by atoms with E-state index in [1.165, 1.54) is 0 Å². The van der Waals surface area contributed by atoms with Crippen LogP contribution in [0.15, 0.2) is 24.3 Å². The lowest BCUT2D eigenvalue weighted by atomic mass is 9.34. The van der Waals surface area contributed by atoms with Crippen molar-refractivity contribution in [2.24, 2.45) is 51.2 Å². The predicted molar refractivity (Wildman–Crippen MR) is 167 cm³/mol. The zero-order chi connectivity index (χ0) is 33.3. The van der Waals surface area contributed by atoms with E-state index in [1.807, 2.05) is 6.92 Å². The van der Waals surface area contributed by atoms with Gasteiger partial charge in [0, 0.05) is 6.42 Å². The molecular formula is C36H56O9. The van der Waals surface area contributed by atoms with Gasteiger partial charge in [-0.3, -0.25) is 9.59 Å². The Balaban J connectivity index is 1.49. The summed E-state index contributed by atoms with van der Waals surface area (Å²) in [5.41, 5.74) is 1.02. The Morgan fingerprint density at radius 1 is 0.867 bits per heavy atom. The third-order valence-corrected chi connectivity index (χ3v) is 14.3. The molecule has 0 unspecified atom stereocenters. The van der Waals surface area contributed by atoms with Crippen LogP contribution < -0.4 is 0 Å². The Morgan fingerprint density at radius 2 is 1.56 bits per heavy atom. The molecule has 5 N–H and O–H groups in total. The Hall–Kier alpha value is -1.78. The summed E-state index contributed by atoms with van der Waals surface area (Å²) in [5.74, 6) is -0.314. The van der Waals surface area contributed by atoms with E-state index < -0.39 is 54.7 Å². The number of carbonyl (C=O) groups excluding carboxylic acids is 1. The summed E-state index contributed by atoms with van der Waals surface area (Å²) in [4.78, 5) is 26.2. The minimum atomic E-state index is -1.64. The monoisotopic (exact) mass is 632 g/mol. The van der Waals surface area contributed by atoms with Crippen molar-refractivity contribution < 1.29 is 44.6 Å². The molecule has 5 fully saturated rings. The second-order valence-corrected chi connectivity index (χ2v) is 16.2. The molecule has 0 radical (unpaired) electrons. The third kappa shape index (κ3) is 5.14. The average molecular weight is 633 g/mol. The summed E-state index contributed by atoms with van der Waals surface area (Å²) in [6, 6.07) is 0. The molecule has 0 aromatic carbocycles. The highest BCUT2D eigenvalue weighted by atomic mass is 16.7. The van der Waals surface area contributed by atoms with E-state index in [0.29, 0.717) is 25.2 Å². The normalized spacial score (nSPS) is 49.3. The van der Waals surface area contributed by atoms with E-state index >= 15 is 0 Å². The molecule has 5 aliphatic rings. The lowest BCUT2D eigenvalue weighted by molar-refractivity contribution is -0.298. The van der Waals surface area contributed by atoms with E-state index in [1.54, 1.807) is 0 Å². The molecule has 0 spiro atoms. The van der Waals surface area contributed by atoms with Crippen molar-refractivity contribution in [3.8, 4) is 0 Å². The molecule has 45 heavy (non-hydrogen) atoms. The van der Waals surface area contributed by atoms with Crippen molar-refractivity contribution >= 4 is 11.9 Å². The van der Waals surface area contributed by atoms with Crippen LogP contribution in [-0.2, 0) is 19.1 Å². The van der Waals surface area contributed by atoms with Gasteiger partial charge in [0.2, 0.25) is 6.29 Å². The van der Waals surface area contributed by atoms with E-state index in [-0.39, 0.29) is 46.3 Å². The summed E-state index contributed by atoms with van der Waals surface area (Å²) in [6.07, 6.45) is 0.0544. The van der Waals surface area contributed by atoms with Gasteiger partial charge in [-0.25, -0.2) is 0 Å². The number of hydrogen-bond donors (Lipinski definition) is 5. The van der Waals surface area contributed by atoms with Gasteiger partial charge in [0.25, 0.3) is 0 Å². The minimum absolute atomic E-state index is 0.0203. The van der Waals surface area contributed by atoms with Crippen molar-refractivity contribution in [2.75, 3.05) is 6.61 Å². The number of aliphatic hydroxyl groups excluding tert-OH is 4. The SMILES string of the molecule is C=C(C)[C@@H]1CC[C@]2(C(=O)O[C@@H]3O[C@H](CO)[C@@H](O)[C@H](O)[C@H]3O)CC[C@]3(C)[C@H](CC[C@@H]4[C@@](C)(CCC(=O)O)[C@H](C(=C)C)CC[C@]43C)[C@@H]12. The predicted octanol–water partition coefficient (Wildman–Crippen LogP) is 4.61. The fraction of sp³-hybridized carbons (Fsp3) is 0.833. The molecule has 9 heteroatoms. The Morgan fingerprint density at radius 3 is 2.16 bits per heavy atom. The fourth-order valence-corrected chi connectivity index (χ4v) is 11.8. The zero-order valence-corrected chi connectivity index (χ0v) is 27.8. The first-order valence-electron chi connectivity index (χ1n) is 17.0. The van der Waals surface area contributed by atoms with E-state index in [2.05, 4.69) is 40.9 Å². The number of carboxylic acids is 1. The summed E-state index contributed by atoms with van der Waals surface area (Å²) < 4.78 is 11.5. The topological polar surface area (TPSA) is 154 Å². The van der Waals surface area contributed by atoms with Crippen LogP contribution in [0.5, 0.6) is 0 Å². The van der Waals surface area contributed by atoms with Crippen molar-refractivity contribution in [1.82, 2.24) is 0 Å². The van der Waals surface area contributed by atoms with E-state index in [9.17, 15) is 35.1 Å². The van der Waals surface area contributed by atoms with Crippen LogP contribution in [0.25, 0.3) is 0 Å². The van der Waals surface area contributed by atoms with Gasteiger partial charge < -0.3 is 35.0 Å². The summed E-state index contributed by atoms with van der Waals surface area (Å²) in [6.45, 7) is 19.4. The number of hydrogen-bond acceptors (Lipinski definition) is 8. The number of ether oxygens (including phenoxy) is 2. The molecule has 1 heterocycles. The zero-order valence-electron chi connectivity index (χ0n) is 27.8. The number of carbonyl (C=O) groups is 2. The van der Waals surface area contributed by atoms with Crippen LogP contribution in [0.2, 0.25) is 0 Å². The smallest absolute Gasteiger partial charge is 0.314 e. The Labute approximate surface area is 268 Å². The second kappa shape index (κ2) is 12.0. The molecule has 9 nitrogen and oxygen atoms in total. The largest absolute Gasteiger partial charge is 0.481 e. The second-order valence-electron chi connectivity index (χ2n) is 16.2. The van der Waals surface area contributed by atoms with Crippen LogP contribution in [0, 0.1) is 51.2 Å². The van der Waals surface area contributed by atoms with Crippen LogP contribution in [-0.4, -0.2) is 74.8 Å². The molecule has 0 amide bonds. The average Bonchev–Trinajstić information content (AvgIpc) is 3.38. The number of aliphatic carboxylic acids is 1. The van der Waals surface area contributed by atoms with Crippen molar-refractivity contribution in [2.45, 2.75) is 130 Å². The van der Waals surface area contributed by atoms with Gasteiger partial charge >= 0.3 is 11.9 Å². The molecule has 254 valence electrons. The molecule has 0 aromatic heterocycles. The molecule has 1 saturated heterocycles. The molecular weight excluding hydrogens is 576 g/mol. The van der Waals surface area contributed by atoms with Gasteiger partial charge in [0.15, 0.2) is 0 Å². The van der Waals surface area contributed by atoms with Gasteiger partial charge in [-0.15, -0.1) is 0 Å². The maximum atomic E-state index is 14.4. The molecule has 4 aliphatic carbocycles. The summed E-state index contributed by atoms with van der Waals surface area (Å²) in [7, 11) is 0. The highest BCUT2D eigenvalue weighted by molar-refractivity contribution is 5.78. The van der Waals surface area contributed by atoms with Crippen LogP contribution in [0.4, 0.5) is 0 Å². The van der Waals surface area contributed by atoms with Crippen molar-refractivity contribution in [1.29, 1.82) is 0 Å². The quantitative estimate of drug-likeness (QED) is 0.191. The van der Waals surface area contributed by atoms with Crippen LogP contribution >= 0.6 is 0 Å². The molecule has 0 aromatic rings. The van der Waals surface area contributed by atoms with Crippen LogP contribution in [0.1, 0.15) is 98.8 Å². The van der Waals surface area contributed by atoms with Crippen molar-refractivity contribution in [3.05, 3.63) is 24.3 Å². The maximum absolute atomic E-state index is 14.4. The minimum Gasteiger partial charge on any atom is -0.481 e. The molecule has 4 saturated carbocycles. The van der Waals surface area contributed by atoms with Crippen LogP contribution in [0.3, 0.4) is 0 Å². The van der Waals surface area contributed by atoms with Crippen molar-refractivity contribution in [3.63, 3.8) is 0 Å². The lowest BCUT2D eigenvalue weighted by Crippen LogP contribution is -2.65. The number of allylic oxidation sites excluding steroid dienone is 2. The summed E-state index contributed by atoms with van der Waals surface area (Å²) >= 11 is 0. The van der Waals surface area contributed by atoms with Gasteiger partial charge in [0.05, 0.1) is 12.0 Å². The molecule has 0 bridgehead atoms. The van der Waals surface area contributed by atoms with Gasteiger partial charge in [-0.05, 0) is 117 Å². The maximum Gasteiger partial charge on any atom is 0.314 e. The highest BCUT2D eigenvalue weighted by Gasteiger charge is 2.71. The first-order valence-corrected chi connectivity index (χ1v) is 17.0. The fourth-order valence-electron chi connectivity index (χ4n) is 11.8.